The Morgan fingerprint density at radius 3 is 2.70 bits per heavy atom. The minimum Gasteiger partial charge on any atom is -0.409 e. The molecule has 3 N–H and O–H groups in total. The van der Waals surface area contributed by atoms with E-state index < -0.39 is 0 Å². The third-order valence-corrected chi connectivity index (χ3v) is 3.89. The summed E-state index contributed by atoms with van der Waals surface area (Å²) >= 11 is 0. The molecule has 108 valence electrons. The Bertz CT molecular complexity index is 523. The molecular weight excluding hydrogens is 261 g/mol. The Labute approximate surface area is 116 Å². The summed E-state index contributed by atoms with van der Waals surface area (Å²) in [6.45, 7) is 2.41. The van der Waals surface area contributed by atoms with Gasteiger partial charge in [0.2, 0.25) is 0 Å². The highest BCUT2D eigenvalue weighted by Crippen LogP contribution is 2.27. The van der Waals surface area contributed by atoms with Gasteiger partial charge in [-0.1, -0.05) is 5.16 Å². The number of halogens is 1. The maximum Gasteiger partial charge on any atom is 0.170 e. The fraction of sp³-hybridized carbons (Fsp3) is 0.500. The molecule has 1 aromatic rings. The zero-order chi connectivity index (χ0) is 14.1. The van der Waals surface area contributed by atoms with Crippen LogP contribution in [0.5, 0.6) is 0 Å². The number of morpholine rings is 1. The van der Waals surface area contributed by atoms with Gasteiger partial charge in [0, 0.05) is 25.2 Å². The molecule has 2 atom stereocenters. The van der Waals surface area contributed by atoms with Crippen molar-refractivity contribution in [2.24, 2.45) is 10.9 Å². The second-order valence-corrected chi connectivity index (χ2v) is 5.48. The zero-order valence-electron chi connectivity index (χ0n) is 11.1. The predicted molar refractivity (Wildman–Crippen MR) is 72.1 cm³/mol. The molecule has 0 saturated carbocycles. The van der Waals surface area contributed by atoms with Crippen molar-refractivity contribution in [1.82, 2.24) is 4.90 Å². The number of ether oxygens (including phenoxy) is 1. The van der Waals surface area contributed by atoms with Gasteiger partial charge in [-0.3, -0.25) is 4.90 Å². The van der Waals surface area contributed by atoms with Crippen molar-refractivity contribution in [2.75, 3.05) is 13.1 Å². The highest BCUT2D eigenvalue weighted by molar-refractivity contribution is 5.97. The van der Waals surface area contributed by atoms with E-state index in [1.165, 1.54) is 12.1 Å². The lowest BCUT2D eigenvalue weighted by Crippen LogP contribution is -2.42. The van der Waals surface area contributed by atoms with Gasteiger partial charge in [0.05, 0.1) is 12.2 Å². The molecule has 0 radical (unpaired) electrons. The molecule has 0 spiro atoms. The average Bonchev–Trinajstić information content (AvgIpc) is 2.76. The molecule has 5 nitrogen and oxygen atoms in total. The van der Waals surface area contributed by atoms with Crippen LogP contribution in [0.1, 0.15) is 24.0 Å². The van der Waals surface area contributed by atoms with Crippen LogP contribution >= 0.6 is 0 Å². The van der Waals surface area contributed by atoms with Crippen LogP contribution in [0.3, 0.4) is 0 Å². The van der Waals surface area contributed by atoms with Gasteiger partial charge in [-0.15, -0.1) is 0 Å². The van der Waals surface area contributed by atoms with Crippen LogP contribution < -0.4 is 5.73 Å². The Balaban J connectivity index is 1.75. The second-order valence-electron chi connectivity index (χ2n) is 5.48. The number of nitrogens with two attached hydrogens (primary N) is 1. The Morgan fingerprint density at radius 1 is 1.35 bits per heavy atom. The van der Waals surface area contributed by atoms with Crippen molar-refractivity contribution in [1.29, 1.82) is 0 Å². The number of nitrogens with zero attached hydrogens (tertiary/aromatic N) is 2. The van der Waals surface area contributed by atoms with Crippen LogP contribution in [0, 0.1) is 5.82 Å². The number of fused-ring (bicyclic) bond motifs is 2. The van der Waals surface area contributed by atoms with Crippen LogP contribution in [-0.2, 0) is 11.3 Å². The number of oxime groups is 1. The first kappa shape index (κ1) is 13.3. The van der Waals surface area contributed by atoms with Gasteiger partial charge in [0.1, 0.15) is 5.82 Å². The summed E-state index contributed by atoms with van der Waals surface area (Å²) in [6.07, 6.45) is 2.84. The van der Waals surface area contributed by atoms with E-state index in [1.54, 1.807) is 6.07 Å². The standard InChI is InChI=1S/C14H18FN3O2/c15-11-4-9(3-10(5-11)14(16)17-19)6-18-7-12-1-2-13(8-18)20-12/h3-5,12-13,19H,1-2,6-8H2,(H2,16,17). The lowest BCUT2D eigenvalue weighted by Gasteiger charge is -2.32. The third kappa shape index (κ3) is 2.76. The van der Waals surface area contributed by atoms with E-state index in [4.69, 9.17) is 15.7 Å². The van der Waals surface area contributed by atoms with Gasteiger partial charge in [0.15, 0.2) is 5.84 Å². The molecule has 20 heavy (non-hydrogen) atoms. The molecular formula is C14H18FN3O2. The summed E-state index contributed by atoms with van der Waals surface area (Å²) in [4.78, 5) is 2.27. The SMILES string of the molecule is N/C(=N/O)c1cc(F)cc(CN2CC3CCC(C2)O3)c1. The number of rotatable bonds is 3. The molecule has 2 heterocycles. The highest BCUT2D eigenvalue weighted by atomic mass is 19.1. The molecule has 2 aliphatic heterocycles. The largest absolute Gasteiger partial charge is 0.409 e. The number of likely N-dealkylation sites (tertiary alicyclic amines) is 1. The van der Waals surface area contributed by atoms with E-state index in [9.17, 15) is 4.39 Å². The monoisotopic (exact) mass is 279 g/mol. The maximum absolute atomic E-state index is 13.6. The first-order chi connectivity index (χ1) is 9.64. The van der Waals surface area contributed by atoms with Crippen LogP contribution in [0.2, 0.25) is 0 Å². The molecule has 0 amide bonds. The quantitative estimate of drug-likeness (QED) is 0.378. The van der Waals surface area contributed by atoms with Crippen LogP contribution in [0.25, 0.3) is 0 Å². The molecule has 3 rings (SSSR count). The average molecular weight is 279 g/mol. The molecule has 6 heteroatoms. The molecule has 1 aromatic carbocycles. The molecule has 0 aliphatic carbocycles. The summed E-state index contributed by atoms with van der Waals surface area (Å²) in [7, 11) is 0. The van der Waals surface area contributed by atoms with Gasteiger partial charge < -0.3 is 15.7 Å². The van der Waals surface area contributed by atoms with Crippen molar-refractivity contribution in [3.63, 3.8) is 0 Å². The lowest BCUT2D eigenvalue weighted by molar-refractivity contribution is -0.0410. The van der Waals surface area contributed by atoms with Crippen molar-refractivity contribution in [3.8, 4) is 0 Å². The Hall–Kier alpha value is -1.66. The van der Waals surface area contributed by atoms with Crippen LogP contribution in [-0.4, -0.2) is 41.2 Å². The summed E-state index contributed by atoms with van der Waals surface area (Å²) in [5, 5.41) is 11.6. The third-order valence-electron chi connectivity index (χ3n) is 3.89. The fourth-order valence-corrected chi connectivity index (χ4v) is 3.03. The van der Waals surface area contributed by atoms with E-state index in [1.807, 2.05) is 0 Å². The van der Waals surface area contributed by atoms with Crippen molar-refractivity contribution in [2.45, 2.75) is 31.6 Å². The predicted octanol–water partition coefficient (Wildman–Crippen LogP) is 1.28. The molecule has 2 saturated heterocycles. The summed E-state index contributed by atoms with van der Waals surface area (Å²) in [6, 6.07) is 4.52. The highest BCUT2D eigenvalue weighted by Gasteiger charge is 2.33. The van der Waals surface area contributed by atoms with Gasteiger partial charge in [-0.2, -0.15) is 0 Å². The maximum atomic E-state index is 13.6. The minimum absolute atomic E-state index is 0.0761. The zero-order valence-corrected chi connectivity index (χ0v) is 11.1. The Morgan fingerprint density at radius 2 is 2.05 bits per heavy atom. The number of amidine groups is 1. The van der Waals surface area contributed by atoms with Crippen LogP contribution in [0.15, 0.2) is 23.4 Å². The molecule has 2 unspecified atom stereocenters. The molecule has 2 bridgehead atoms. The van der Waals surface area contributed by atoms with Crippen molar-refractivity contribution in [3.05, 3.63) is 35.1 Å². The van der Waals surface area contributed by atoms with E-state index in [2.05, 4.69) is 10.1 Å². The lowest BCUT2D eigenvalue weighted by atomic mass is 10.1. The fourth-order valence-electron chi connectivity index (χ4n) is 3.03. The van der Waals surface area contributed by atoms with Crippen LogP contribution in [0.4, 0.5) is 4.39 Å². The summed E-state index contributed by atoms with van der Waals surface area (Å²) in [5.74, 6) is -0.451. The number of hydrogen-bond acceptors (Lipinski definition) is 4. The first-order valence-electron chi connectivity index (χ1n) is 6.79. The molecule has 2 aliphatic rings. The van der Waals surface area contributed by atoms with Gasteiger partial charge in [-0.25, -0.2) is 4.39 Å². The summed E-state index contributed by atoms with van der Waals surface area (Å²) in [5.41, 5.74) is 6.75. The molecule has 0 aromatic heterocycles. The summed E-state index contributed by atoms with van der Waals surface area (Å²) < 4.78 is 19.4. The number of benzene rings is 1. The van der Waals surface area contributed by atoms with Crippen molar-refractivity contribution < 1.29 is 14.3 Å². The van der Waals surface area contributed by atoms with E-state index >= 15 is 0 Å². The Kier molecular flexibility index (Phi) is 3.58. The van der Waals surface area contributed by atoms with Gasteiger partial charge in [-0.05, 0) is 36.6 Å². The molecule has 2 fully saturated rings. The second kappa shape index (κ2) is 5.38. The van der Waals surface area contributed by atoms with E-state index in [0.717, 1.165) is 31.5 Å². The van der Waals surface area contributed by atoms with E-state index in [0.29, 0.717) is 24.3 Å². The minimum atomic E-state index is -0.375. The number of hydrogen-bond donors (Lipinski definition) is 2. The normalized spacial score (nSPS) is 26.9. The first-order valence-corrected chi connectivity index (χ1v) is 6.79. The topological polar surface area (TPSA) is 71.1 Å². The smallest absolute Gasteiger partial charge is 0.170 e. The van der Waals surface area contributed by atoms with Gasteiger partial charge in [0.25, 0.3) is 0 Å². The van der Waals surface area contributed by atoms with E-state index in [-0.39, 0.29) is 11.7 Å². The van der Waals surface area contributed by atoms with Crippen molar-refractivity contribution >= 4 is 5.84 Å². The van der Waals surface area contributed by atoms with Gasteiger partial charge >= 0.3 is 0 Å².